The summed E-state index contributed by atoms with van der Waals surface area (Å²) in [6.07, 6.45) is 1.42. The summed E-state index contributed by atoms with van der Waals surface area (Å²) in [5, 5.41) is 3.27. The first kappa shape index (κ1) is 14.3. The van der Waals surface area contributed by atoms with Crippen LogP contribution in [-0.2, 0) is 13.1 Å². The molecule has 0 unspecified atom stereocenters. The van der Waals surface area contributed by atoms with E-state index in [0.717, 1.165) is 6.54 Å². The summed E-state index contributed by atoms with van der Waals surface area (Å²) in [6.45, 7) is 1.27. The van der Waals surface area contributed by atoms with E-state index in [4.69, 9.17) is 4.42 Å². The lowest BCUT2D eigenvalue weighted by Crippen LogP contribution is -2.13. The van der Waals surface area contributed by atoms with Crippen LogP contribution in [0.5, 0.6) is 0 Å². The molecule has 0 aliphatic carbocycles. The maximum Gasteiger partial charge on any atom is 0.185 e. The Morgan fingerprint density at radius 3 is 2.27 bits per heavy atom. The average molecular weight is 291 g/mol. The van der Waals surface area contributed by atoms with E-state index in [9.17, 15) is 4.79 Å². The van der Waals surface area contributed by atoms with Gasteiger partial charge in [0, 0.05) is 18.7 Å². The van der Waals surface area contributed by atoms with Gasteiger partial charge in [-0.3, -0.25) is 4.79 Å². The van der Waals surface area contributed by atoms with Crippen LogP contribution < -0.4 is 10.7 Å². The van der Waals surface area contributed by atoms with Gasteiger partial charge in [0.15, 0.2) is 5.43 Å². The molecule has 3 heteroatoms. The summed E-state index contributed by atoms with van der Waals surface area (Å²) in [6, 6.07) is 21.7. The molecule has 0 atom stereocenters. The van der Waals surface area contributed by atoms with Crippen molar-refractivity contribution in [2.45, 2.75) is 13.1 Å². The van der Waals surface area contributed by atoms with Crippen molar-refractivity contribution in [2.24, 2.45) is 0 Å². The van der Waals surface area contributed by atoms with E-state index < -0.39 is 0 Å². The summed E-state index contributed by atoms with van der Waals surface area (Å²) in [4.78, 5) is 11.2. The maximum absolute atomic E-state index is 11.2. The minimum atomic E-state index is -0.0322. The first-order valence-corrected chi connectivity index (χ1v) is 7.24. The molecule has 1 aromatic heterocycles. The molecule has 2 aromatic carbocycles. The fraction of sp³-hybridized carbons (Fsp3) is 0.105. The molecule has 0 bridgehead atoms. The molecule has 0 aliphatic heterocycles. The van der Waals surface area contributed by atoms with Crippen molar-refractivity contribution in [3.8, 4) is 11.1 Å². The lowest BCUT2D eigenvalue weighted by molar-refractivity contribution is 0.466. The van der Waals surface area contributed by atoms with Crippen LogP contribution >= 0.6 is 0 Å². The predicted octanol–water partition coefficient (Wildman–Crippen LogP) is 3.60. The number of nitrogens with one attached hydrogen (secondary N) is 1. The van der Waals surface area contributed by atoms with Gasteiger partial charge in [-0.2, -0.15) is 0 Å². The fourth-order valence-corrected chi connectivity index (χ4v) is 2.30. The molecule has 0 aliphatic rings. The maximum atomic E-state index is 11.2. The second-order valence-corrected chi connectivity index (χ2v) is 5.10. The van der Waals surface area contributed by atoms with Gasteiger partial charge in [-0.25, -0.2) is 0 Å². The zero-order valence-electron chi connectivity index (χ0n) is 12.2. The summed E-state index contributed by atoms with van der Waals surface area (Å²) >= 11 is 0. The lowest BCUT2D eigenvalue weighted by Gasteiger charge is -2.06. The largest absolute Gasteiger partial charge is 0.468 e. The van der Waals surface area contributed by atoms with Crippen molar-refractivity contribution in [3.05, 3.63) is 94.5 Å². The third-order valence-electron chi connectivity index (χ3n) is 3.44. The summed E-state index contributed by atoms with van der Waals surface area (Å²) in [5.41, 5.74) is 3.58. The van der Waals surface area contributed by atoms with Crippen molar-refractivity contribution in [3.63, 3.8) is 0 Å². The first-order valence-electron chi connectivity index (χ1n) is 7.24. The van der Waals surface area contributed by atoms with Gasteiger partial charge in [-0.05, 0) is 16.7 Å². The monoisotopic (exact) mass is 291 g/mol. The van der Waals surface area contributed by atoms with Crippen LogP contribution in [-0.4, -0.2) is 0 Å². The van der Waals surface area contributed by atoms with Crippen molar-refractivity contribution in [2.75, 3.05) is 0 Å². The van der Waals surface area contributed by atoms with Gasteiger partial charge in [0.1, 0.15) is 5.76 Å². The Morgan fingerprint density at radius 1 is 0.818 bits per heavy atom. The molecule has 3 rings (SSSR count). The van der Waals surface area contributed by atoms with E-state index in [1.165, 1.54) is 35.1 Å². The van der Waals surface area contributed by atoms with Crippen LogP contribution in [0.25, 0.3) is 11.1 Å². The molecule has 0 saturated heterocycles. The van der Waals surface area contributed by atoms with E-state index >= 15 is 0 Å². The third kappa shape index (κ3) is 3.71. The molecule has 1 N–H and O–H groups in total. The van der Waals surface area contributed by atoms with Crippen LogP contribution in [0, 0.1) is 0 Å². The van der Waals surface area contributed by atoms with Gasteiger partial charge in [0.25, 0.3) is 0 Å². The van der Waals surface area contributed by atoms with Crippen molar-refractivity contribution in [1.82, 2.24) is 5.32 Å². The van der Waals surface area contributed by atoms with Gasteiger partial charge in [-0.1, -0.05) is 54.6 Å². The van der Waals surface area contributed by atoms with Crippen LogP contribution in [0.1, 0.15) is 11.3 Å². The fourth-order valence-electron chi connectivity index (χ4n) is 2.30. The molecule has 3 aromatic rings. The second kappa shape index (κ2) is 6.87. The Kier molecular flexibility index (Phi) is 4.47. The standard InChI is InChI=1S/C19H17NO2/c21-18-10-11-22-19(12-18)14-20-13-15-6-8-17(9-7-15)16-4-2-1-3-5-16/h1-12,20H,13-14H2. The highest BCUT2D eigenvalue weighted by Crippen LogP contribution is 2.19. The molecule has 0 amide bonds. The quantitative estimate of drug-likeness (QED) is 0.781. The Hall–Kier alpha value is -2.65. The molecule has 0 spiro atoms. The van der Waals surface area contributed by atoms with Crippen molar-refractivity contribution < 1.29 is 4.42 Å². The Morgan fingerprint density at radius 2 is 1.55 bits per heavy atom. The smallest absolute Gasteiger partial charge is 0.185 e. The van der Waals surface area contributed by atoms with Gasteiger partial charge < -0.3 is 9.73 Å². The summed E-state index contributed by atoms with van der Waals surface area (Å²) in [7, 11) is 0. The van der Waals surface area contributed by atoms with Crippen LogP contribution in [0.3, 0.4) is 0 Å². The highest BCUT2D eigenvalue weighted by molar-refractivity contribution is 5.63. The van der Waals surface area contributed by atoms with E-state index in [0.29, 0.717) is 12.3 Å². The minimum Gasteiger partial charge on any atom is -0.468 e. The predicted molar refractivity (Wildman–Crippen MR) is 87.4 cm³/mol. The molecule has 1 heterocycles. The molecular formula is C19H17NO2. The topological polar surface area (TPSA) is 42.2 Å². The third-order valence-corrected chi connectivity index (χ3v) is 3.44. The Balaban J connectivity index is 1.59. The SMILES string of the molecule is O=c1ccoc(CNCc2ccc(-c3ccccc3)cc2)c1. The molecule has 0 saturated carbocycles. The van der Waals surface area contributed by atoms with Gasteiger partial charge in [-0.15, -0.1) is 0 Å². The Labute approximate surface area is 129 Å². The van der Waals surface area contributed by atoms with Gasteiger partial charge in [0.2, 0.25) is 0 Å². The zero-order valence-corrected chi connectivity index (χ0v) is 12.2. The highest BCUT2D eigenvalue weighted by atomic mass is 16.3. The minimum absolute atomic E-state index is 0.0322. The number of hydrogen-bond donors (Lipinski definition) is 1. The van der Waals surface area contributed by atoms with Crippen molar-refractivity contribution in [1.29, 1.82) is 0 Å². The highest BCUT2D eigenvalue weighted by Gasteiger charge is 1.99. The summed E-state index contributed by atoms with van der Waals surface area (Å²) in [5.74, 6) is 0.647. The zero-order chi connectivity index (χ0) is 15.2. The Bertz CT molecular complexity index is 776. The molecule has 0 fully saturated rings. The van der Waals surface area contributed by atoms with E-state index in [2.05, 4.69) is 41.7 Å². The van der Waals surface area contributed by atoms with Crippen LogP contribution in [0.15, 0.2) is 82.2 Å². The normalized spacial score (nSPS) is 10.5. The molecule has 0 radical (unpaired) electrons. The molecule has 22 heavy (non-hydrogen) atoms. The van der Waals surface area contributed by atoms with Crippen LogP contribution in [0.2, 0.25) is 0 Å². The average Bonchev–Trinajstić information content (AvgIpc) is 2.56. The lowest BCUT2D eigenvalue weighted by atomic mass is 10.0. The van der Waals surface area contributed by atoms with Gasteiger partial charge in [0.05, 0.1) is 12.8 Å². The van der Waals surface area contributed by atoms with Crippen molar-refractivity contribution >= 4 is 0 Å². The number of rotatable bonds is 5. The molecule has 110 valence electrons. The van der Waals surface area contributed by atoms with Gasteiger partial charge >= 0.3 is 0 Å². The van der Waals surface area contributed by atoms with Crippen LogP contribution in [0.4, 0.5) is 0 Å². The molecule has 3 nitrogen and oxygen atoms in total. The van der Waals surface area contributed by atoms with E-state index in [1.807, 2.05) is 18.2 Å². The van der Waals surface area contributed by atoms with E-state index in [1.54, 1.807) is 0 Å². The summed E-state index contributed by atoms with van der Waals surface area (Å²) < 4.78 is 5.26. The number of benzene rings is 2. The second-order valence-electron chi connectivity index (χ2n) is 5.10. The first-order chi connectivity index (χ1) is 10.8. The van der Waals surface area contributed by atoms with E-state index in [-0.39, 0.29) is 5.43 Å². The molecular weight excluding hydrogens is 274 g/mol. The number of hydrogen-bond acceptors (Lipinski definition) is 3.